The third-order valence-corrected chi connectivity index (χ3v) is 4.26. The monoisotopic (exact) mass is 307 g/mol. The van der Waals surface area contributed by atoms with Gasteiger partial charge in [-0.2, -0.15) is 0 Å². The number of carboxylic acids is 1. The van der Waals surface area contributed by atoms with Gasteiger partial charge in [-0.3, -0.25) is 9.69 Å². The van der Waals surface area contributed by atoms with Crippen molar-refractivity contribution in [1.82, 2.24) is 4.90 Å². The first-order valence-electron chi connectivity index (χ1n) is 7.56. The summed E-state index contributed by atoms with van der Waals surface area (Å²) in [5.74, 6) is 0.0942. The Morgan fingerprint density at radius 3 is 2.59 bits per heavy atom. The maximum Gasteiger partial charge on any atom is 0.317 e. The second kappa shape index (κ2) is 5.89. The molecule has 22 heavy (non-hydrogen) atoms. The summed E-state index contributed by atoms with van der Waals surface area (Å²) >= 11 is 0. The fraction of sp³-hybridized carbons (Fsp3) is 0.588. The highest BCUT2D eigenvalue weighted by atomic mass is 16.5. The van der Waals surface area contributed by atoms with E-state index in [1.165, 1.54) is 0 Å². The van der Waals surface area contributed by atoms with Crippen molar-refractivity contribution >= 4 is 5.97 Å². The molecule has 1 aromatic carbocycles. The predicted molar refractivity (Wildman–Crippen MR) is 84.3 cm³/mol. The number of ether oxygens (including phenoxy) is 1. The van der Waals surface area contributed by atoms with Crippen molar-refractivity contribution in [3.05, 3.63) is 29.3 Å². The van der Waals surface area contributed by atoms with Crippen LogP contribution in [-0.4, -0.2) is 46.3 Å². The normalized spacial score (nSPS) is 23.3. The van der Waals surface area contributed by atoms with Crippen LogP contribution in [-0.2, 0) is 4.79 Å². The first-order chi connectivity index (χ1) is 10.1. The zero-order valence-corrected chi connectivity index (χ0v) is 13.8. The van der Waals surface area contributed by atoms with Gasteiger partial charge in [-0.15, -0.1) is 0 Å². The second-order valence-corrected chi connectivity index (χ2v) is 6.86. The lowest BCUT2D eigenvalue weighted by atomic mass is 9.84. The standard InChI is InChI=1S/C17H25NO4/c1-10(2)11-6-7-13-12(8-11)15(21)16(17(3,4)22-13)18(5)9-14(19)20/h6-8,10,15-16,21H,9H2,1-5H3,(H,19,20). The average molecular weight is 307 g/mol. The average Bonchev–Trinajstić information content (AvgIpc) is 2.36. The number of aliphatic carboxylic acids is 1. The van der Waals surface area contributed by atoms with Crippen LogP contribution in [0.4, 0.5) is 0 Å². The SMILES string of the molecule is CC(C)c1ccc2c(c1)C(O)C(N(C)CC(=O)O)C(C)(C)O2. The highest BCUT2D eigenvalue weighted by molar-refractivity contribution is 5.69. The fourth-order valence-corrected chi connectivity index (χ4v) is 3.23. The van der Waals surface area contributed by atoms with Gasteiger partial charge in [0.25, 0.3) is 0 Å². The van der Waals surface area contributed by atoms with Crippen LogP contribution < -0.4 is 4.74 Å². The number of hydrogen-bond acceptors (Lipinski definition) is 4. The maximum absolute atomic E-state index is 11.0. The van der Waals surface area contributed by atoms with Crippen molar-refractivity contribution in [1.29, 1.82) is 0 Å². The minimum Gasteiger partial charge on any atom is -0.486 e. The Morgan fingerprint density at radius 1 is 1.41 bits per heavy atom. The van der Waals surface area contributed by atoms with E-state index in [9.17, 15) is 9.90 Å². The molecule has 0 fully saturated rings. The highest BCUT2D eigenvalue weighted by Gasteiger charge is 2.45. The number of aliphatic hydroxyl groups is 1. The number of carboxylic acid groups (broad SMARTS) is 1. The molecule has 5 nitrogen and oxygen atoms in total. The third kappa shape index (κ3) is 3.10. The predicted octanol–water partition coefficient (Wildman–Crippen LogP) is 2.40. The van der Waals surface area contributed by atoms with E-state index in [4.69, 9.17) is 9.84 Å². The van der Waals surface area contributed by atoms with Crippen molar-refractivity contribution in [2.75, 3.05) is 13.6 Å². The van der Waals surface area contributed by atoms with E-state index in [2.05, 4.69) is 13.8 Å². The Kier molecular flexibility index (Phi) is 4.49. The Morgan fingerprint density at radius 2 is 2.05 bits per heavy atom. The first-order valence-corrected chi connectivity index (χ1v) is 7.56. The van der Waals surface area contributed by atoms with E-state index < -0.39 is 23.7 Å². The summed E-state index contributed by atoms with van der Waals surface area (Å²) in [5.41, 5.74) is 1.17. The summed E-state index contributed by atoms with van der Waals surface area (Å²) in [6.45, 7) is 7.79. The molecule has 0 spiro atoms. The molecular weight excluding hydrogens is 282 g/mol. The minimum atomic E-state index is -0.924. The van der Waals surface area contributed by atoms with E-state index in [-0.39, 0.29) is 6.54 Å². The van der Waals surface area contributed by atoms with Crippen molar-refractivity contribution < 1.29 is 19.7 Å². The van der Waals surface area contributed by atoms with Crippen LogP contribution in [0.3, 0.4) is 0 Å². The summed E-state index contributed by atoms with van der Waals surface area (Å²) in [6.07, 6.45) is -0.790. The minimum absolute atomic E-state index is 0.145. The Bertz CT molecular complexity index is 568. The number of likely N-dealkylation sites (N-methyl/N-ethyl adjacent to an activating group) is 1. The third-order valence-electron chi connectivity index (χ3n) is 4.26. The van der Waals surface area contributed by atoms with Gasteiger partial charge in [0.2, 0.25) is 0 Å². The van der Waals surface area contributed by atoms with Gasteiger partial charge < -0.3 is 14.9 Å². The Hall–Kier alpha value is -1.59. The summed E-state index contributed by atoms with van der Waals surface area (Å²) < 4.78 is 6.05. The quantitative estimate of drug-likeness (QED) is 0.894. The molecule has 0 saturated carbocycles. The van der Waals surface area contributed by atoms with Crippen LogP contribution in [0, 0.1) is 0 Å². The molecule has 0 aromatic heterocycles. The van der Waals surface area contributed by atoms with E-state index >= 15 is 0 Å². The van der Waals surface area contributed by atoms with Crippen molar-refractivity contribution in [2.45, 2.75) is 51.4 Å². The van der Waals surface area contributed by atoms with Crippen LogP contribution in [0.15, 0.2) is 18.2 Å². The van der Waals surface area contributed by atoms with Gasteiger partial charge in [0.1, 0.15) is 17.5 Å². The molecule has 1 aliphatic heterocycles. The summed E-state index contributed by atoms with van der Waals surface area (Å²) in [6, 6.07) is 5.43. The summed E-state index contributed by atoms with van der Waals surface area (Å²) in [4.78, 5) is 12.6. The number of carbonyl (C=O) groups is 1. The van der Waals surface area contributed by atoms with Crippen molar-refractivity contribution in [2.24, 2.45) is 0 Å². The molecule has 0 amide bonds. The molecule has 0 saturated heterocycles. The lowest BCUT2D eigenvalue weighted by Gasteiger charge is -2.46. The molecule has 2 N–H and O–H groups in total. The number of rotatable bonds is 4. The number of hydrogen-bond donors (Lipinski definition) is 2. The van der Waals surface area contributed by atoms with Gasteiger partial charge in [-0.05, 0) is 44.5 Å². The van der Waals surface area contributed by atoms with Crippen LogP contribution >= 0.6 is 0 Å². The molecule has 0 bridgehead atoms. The molecule has 2 unspecified atom stereocenters. The lowest BCUT2D eigenvalue weighted by molar-refractivity contribution is -0.142. The number of nitrogens with zero attached hydrogens (tertiary/aromatic N) is 1. The molecule has 2 atom stereocenters. The smallest absolute Gasteiger partial charge is 0.317 e. The number of aliphatic hydroxyl groups excluding tert-OH is 1. The van der Waals surface area contributed by atoms with Crippen LogP contribution in [0.5, 0.6) is 5.75 Å². The zero-order valence-electron chi connectivity index (χ0n) is 13.8. The highest BCUT2D eigenvalue weighted by Crippen LogP contribution is 2.42. The van der Waals surface area contributed by atoms with Crippen LogP contribution in [0.2, 0.25) is 0 Å². The molecule has 122 valence electrons. The van der Waals surface area contributed by atoms with Crippen LogP contribution in [0.1, 0.15) is 50.8 Å². The molecular formula is C17H25NO4. The van der Waals surface area contributed by atoms with E-state index in [1.54, 1.807) is 11.9 Å². The van der Waals surface area contributed by atoms with E-state index in [0.29, 0.717) is 11.7 Å². The number of fused-ring (bicyclic) bond motifs is 1. The van der Waals surface area contributed by atoms with Gasteiger partial charge in [0.15, 0.2) is 0 Å². The van der Waals surface area contributed by atoms with Crippen LogP contribution in [0.25, 0.3) is 0 Å². The summed E-state index contributed by atoms with van der Waals surface area (Å²) in [5, 5.41) is 19.9. The van der Waals surface area contributed by atoms with E-state index in [1.807, 2.05) is 32.0 Å². The molecule has 5 heteroatoms. The van der Waals surface area contributed by atoms with Crippen molar-refractivity contribution in [3.63, 3.8) is 0 Å². The molecule has 0 aliphatic carbocycles. The first kappa shape index (κ1) is 16.8. The molecule has 1 heterocycles. The lowest BCUT2D eigenvalue weighted by Crippen LogP contribution is -2.57. The van der Waals surface area contributed by atoms with Gasteiger partial charge in [0.05, 0.1) is 12.6 Å². The number of benzene rings is 1. The molecule has 1 aromatic rings. The maximum atomic E-state index is 11.0. The Labute approximate surface area is 131 Å². The van der Waals surface area contributed by atoms with E-state index in [0.717, 1.165) is 11.1 Å². The van der Waals surface area contributed by atoms with Gasteiger partial charge in [0, 0.05) is 5.56 Å². The molecule has 1 aliphatic rings. The Balaban J connectivity index is 2.42. The second-order valence-electron chi connectivity index (χ2n) is 6.86. The fourth-order valence-electron chi connectivity index (χ4n) is 3.23. The van der Waals surface area contributed by atoms with Gasteiger partial charge in [-0.25, -0.2) is 0 Å². The zero-order chi connectivity index (χ0) is 16.7. The summed E-state index contributed by atoms with van der Waals surface area (Å²) in [7, 11) is 1.70. The van der Waals surface area contributed by atoms with Gasteiger partial charge in [-0.1, -0.05) is 19.9 Å². The molecule has 0 radical (unpaired) electrons. The van der Waals surface area contributed by atoms with Crippen molar-refractivity contribution in [3.8, 4) is 5.75 Å². The largest absolute Gasteiger partial charge is 0.486 e. The van der Waals surface area contributed by atoms with Gasteiger partial charge >= 0.3 is 5.97 Å². The topological polar surface area (TPSA) is 70.0 Å². The molecule has 2 rings (SSSR count).